The van der Waals surface area contributed by atoms with Crippen molar-refractivity contribution < 1.29 is 5.11 Å². The molecule has 0 fully saturated rings. The smallest absolute Gasteiger partial charge is 0.0862 e. The van der Waals surface area contributed by atoms with Gasteiger partial charge in [-0.3, -0.25) is 9.58 Å². The van der Waals surface area contributed by atoms with Gasteiger partial charge in [-0.25, -0.2) is 0 Å². The predicted molar refractivity (Wildman–Crippen MR) is 78.4 cm³/mol. The van der Waals surface area contributed by atoms with Crippen LogP contribution in [0.1, 0.15) is 23.6 Å². The van der Waals surface area contributed by atoms with Crippen molar-refractivity contribution in [1.29, 1.82) is 0 Å². The van der Waals surface area contributed by atoms with Crippen molar-refractivity contribution in [1.82, 2.24) is 14.7 Å². The minimum absolute atomic E-state index is 0.396. The number of likely N-dealkylation sites (N-methyl/N-ethyl adjacent to an activating group) is 1. The summed E-state index contributed by atoms with van der Waals surface area (Å²) in [7, 11) is 2.10. The van der Waals surface area contributed by atoms with Crippen molar-refractivity contribution in [2.75, 3.05) is 13.6 Å². The Morgan fingerprint density at radius 1 is 1.40 bits per heavy atom. The van der Waals surface area contributed by atoms with Crippen LogP contribution in [-0.2, 0) is 13.0 Å². The number of aryl methyl sites for hydroxylation is 1. The molecule has 0 saturated carbocycles. The normalized spacial score (nSPS) is 19.2. The zero-order valence-electron chi connectivity index (χ0n) is 11.8. The maximum atomic E-state index is 10.2. The van der Waals surface area contributed by atoms with Crippen molar-refractivity contribution in [3.05, 3.63) is 53.9 Å². The maximum absolute atomic E-state index is 10.2. The topological polar surface area (TPSA) is 41.3 Å². The monoisotopic (exact) mass is 271 g/mol. The zero-order chi connectivity index (χ0) is 13.9. The van der Waals surface area contributed by atoms with Gasteiger partial charge in [-0.1, -0.05) is 24.3 Å². The van der Waals surface area contributed by atoms with Gasteiger partial charge in [0.15, 0.2) is 0 Å². The van der Waals surface area contributed by atoms with Gasteiger partial charge in [-0.2, -0.15) is 5.10 Å². The molecule has 1 aromatic carbocycles. The van der Waals surface area contributed by atoms with E-state index in [2.05, 4.69) is 41.3 Å². The van der Waals surface area contributed by atoms with Crippen LogP contribution in [0.4, 0.5) is 0 Å². The van der Waals surface area contributed by atoms with Crippen LogP contribution in [0.3, 0.4) is 0 Å². The number of nitrogens with zero attached hydrogens (tertiary/aromatic N) is 3. The van der Waals surface area contributed by atoms with E-state index in [4.69, 9.17) is 0 Å². The van der Waals surface area contributed by atoms with E-state index in [-0.39, 0.29) is 0 Å². The van der Waals surface area contributed by atoms with Crippen LogP contribution < -0.4 is 0 Å². The maximum Gasteiger partial charge on any atom is 0.0862 e. The van der Waals surface area contributed by atoms with Crippen LogP contribution >= 0.6 is 0 Å². The lowest BCUT2D eigenvalue weighted by molar-refractivity contribution is 0.0876. The van der Waals surface area contributed by atoms with Crippen LogP contribution in [0.15, 0.2) is 42.7 Å². The average Bonchev–Trinajstić information content (AvgIpc) is 3.07. The molecule has 0 saturated heterocycles. The summed E-state index contributed by atoms with van der Waals surface area (Å²) in [6.45, 7) is 1.21. The number of aromatic nitrogens is 2. The third-order valence-electron chi connectivity index (χ3n) is 4.09. The van der Waals surface area contributed by atoms with Crippen LogP contribution in [-0.4, -0.2) is 39.5 Å². The summed E-state index contributed by atoms with van der Waals surface area (Å²) >= 11 is 0. The highest BCUT2D eigenvalue weighted by Crippen LogP contribution is 2.34. The fourth-order valence-electron chi connectivity index (χ4n) is 3.13. The molecule has 2 atom stereocenters. The van der Waals surface area contributed by atoms with Gasteiger partial charge in [0.25, 0.3) is 0 Å². The molecule has 0 spiro atoms. The lowest BCUT2D eigenvalue weighted by atomic mass is 10.1. The van der Waals surface area contributed by atoms with E-state index in [0.29, 0.717) is 19.1 Å². The summed E-state index contributed by atoms with van der Waals surface area (Å²) in [5.74, 6) is 0. The minimum Gasteiger partial charge on any atom is -0.390 e. The van der Waals surface area contributed by atoms with Gasteiger partial charge < -0.3 is 5.11 Å². The zero-order valence-corrected chi connectivity index (χ0v) is 11.8. The Hall–Kier alpha value is -1.65. The van der Waals surface area contributed by atoms with Gasteiger partial charge >= 0.3 is 0 Å². The average molecular weight is 271 g/mol. The Morgan fingerprint density at radius 3 is 3.05 bits per heavy atom. The molecule has 2 unspecified atom stereocenters. The van der Waals surface area contributed by atoms with E-state index in [1.54, 1.807) is 10.9 Å². The number of aliphatic hydroxyl groups excluding tert-OH is 1. The molecular weight excluding hydrogens is 250 g/mol. The molecule has 0 aliphatic heterocycles. The van der Waals surface area contributed by atoms with Crippen molar-refractivity contribution in [2.24, 2.45) is 0 Å². The number of fused-ring (bicyclic) bond motifs is 1. The van der Waals surface area contributed by atoms with Crippen LogP contribution in [0.25, 0.3) is 0 Å². The third-order valence-corrected chi connectivity index (χ3v) is 4.09. The summed E-state index contributed by atoms with van der Waals surface area (Å²) in [5, 5.41) is 14.3. The molecule has 1 N–H and O–H groups in total. The van der Waals surface area contributed by atoms with E-state index in [9.17, 15) is 5.11 Å². The number of aliphatic hydroxyl groups is 1. The van der Waals surface area contributed by atoms with Gasteiger partial charge in [0.2, 0.25) is 0 Å². The fourth-order valence-corrected chi connectivity index (χ4v) is 3.13. The van der Waals surface area contributed by atoms with Crippen LogP contribution in [0.2, 0.25) is 0 Å². The van der Waals surface area contributed by atoms with E-state index < -0.39 is 6.10 Å². The van der Waals surface area contributed by atoms with Crippen molar-refractivity contribution >= 4 is 0 Å². The molecular formula is C16H21N3O. The van der Waals surface area contributed by atoms with E-state index in [1.165, 1.54) is 11.1 Å². The Kier molecular flexibility index (Phi) is 3.85. The van der Waals surface area contributed by atoms with Gasteiger partial charge in [0, 0.05) is 25.0 Å². The standard InChI is InChI=1S/C16H21N3O/c1-18(11-14(20)12-19-10-4-9-17-19)16-8-7-13-5-2-3-6-15(13)16/h2-6,9-10,14,16,20H,7-8,11-12H2,1H3. The van der Waals surface area contributed by atoms with E-state index >= 15 is 0 Å². The Balaban J connectivity index is 1.61. The molecule has 0 bridgehead atoms. The number of rotatable bonds is 5. The first-order valence-corrected chi connectivity index (χ1v) is 7.17. The molecule has 1 heterocycles. The van der Waals surface area contributed by atoms with Crippen LogP contribution in [0, 0.1) is 0 Å². The van der Waals surface area contributed by atoms with Gasteiger partial charge in [0.1, 0.15) is 0 Å². The summed E-state index contributed by atoms with van der Waals surface area (Å²) in [6.07, 6.45) is 5.51. The highest BCUT2D eigenvalue weighted by atomic mass is 16.3. The molecule has 0 radical (unpaired) electrons. The van der Waals surface area contributed by atoms with E-state index in [0.717, 1.165) is 12.8 Å². The SMILES string of the molecule is CN(CC(O)Cn1cccn1)C1CCc2ccccc21. The molecule has 4 heteroatoms. The summed E-state index contributed by atoms with van der Waals surface area (Å²) < 4.78 is 1.78. The lowest BCUT2D eigenvalue weighted by Crippen LogP contribution is -2.34. The fraction of sp³-hybridized carbons (Fsp3) is 0.438. The molecule has 1 aromatic heterocycles. The van der Waals surface area contributed by atoms with Crippen molar-refractivity contribution in [3.63, 3.8) is 0 Å². The summed E-state index contributed by atoms with van der Waals surface area (Å²) in [5.41, 5.74) is 2.87. The molecule has 4 nitrogen and oxygen atoms in total. The van der Waals surface area contributed by atoms with Crippen molar-refractivity contribution in [2.45, 2.75) is 31.5 Å². The highest BCUT2D eigenvalue weighted by molar-refractivity contribution is 5.34. The third kappa shape index (κ3) is 2.76. The molecule has 2 aromatic rings. The van der Waals surface area contributed by atoms with Gasteiger partial charge in [0.05, 0.1) is 12.6 Å². The Morgan fingerprint density at radius 2 is 2.25 bits per heavy atom. The predicted octanol–water partition coefficient (Wildman–Crippen LogP) is 1.86. The second kappa shape index (κ2) is 5.77. The molecule has 1 aliphatic carbocycles. The Bertz CT molecular complexity index is 553. The second-order valence-corrected chi connectivity index (χ2v) is 5.57. The number of hydrogen-bond acceptors (Lipinski definition) is 3. The lowest BCUT2D eigenvalue weighted by Gasteiger charge is -2.27. The molecule has 1 aliphatic rings. The first-order valence-electron chi connectivity index (χ1n) is 7.17. The Labute approximate surface area is 119 Å². The first-order chi connectivity index (χ1) is 9.74. The quantitative estimate of drug-likeness (QED) is 0.902. The summed E-state index contributed by atoms with van der Waals surface area (Å²) in [6, 6.07) is 10.9. The van der Waals surface area contributed by atoms with Gasteiger partial charge in [-0.05, 0) is 37.1 Å². The largest absolute Gasteiger partial charge is 0.390 e. The minimum atomic E-state index is -0.396. The molecule has 3 rings (SSSR count). The summed E-state index contributed by atoms with van der Waals surface area (Å²) in [4.78, 5) is 2.26. The molecule has 20 heavy (non-hydrogen) atoms. The highest BCUT2D eigenvalue weighted by Gasteiger charge is 2.26. The van der Waals surface area contributed by atoms with E-state index in [1.807, 2.05) is 12.3 Å². The number of hydrogen-bond donors (Lipinski definition) is 1. The van der Waals surface area contributed by atoms with Crippen LogP contribution in [0.5, 0.6) is 0 Å². The number of benzene rings is 1. The van der Waals surface area contributed by atoms with Crippen molar-refractivity contribution in [3.8, 4) is 0 Å². The molecule has 0 amide bonds. The first kappa shape index (κ1) is 13.3. The van der Waals surface area contributed by atoms with Gasteiger partial charge in [-0.15, -0.1) is 0 Å². The molecule has 106 valence electrons. The second-order valence-electron chi connectivity index (χ2n) is 5.57.